The highest BCUT2D eigenvalue weighted by Crippen LogP contribution is 2.24. The van der Waals surface area contributed by atoms with Gasteiger partial charge in [0.1, 0.15) is 5.82 Å². The maximum absolute atomic E-state index is 13.2. The number of rotatable bonds is 6. The maximum Gasteiger partial charge on any atom is 0.125 e. The van der Waals surface area contributed by atoms with Crippen LogP contribution in [0.4, 0.5) is 10.1 Å². The van der Waals surface area contributed by atoms with Crippen molar-refractivity contribution in [3.8, 4) is 0 Å². The first-order valence-corrected chi connectivity index (χ1v) is 7.56. The molecule has 0 spiro atoms. The molecular formula is C16H23FN2O. The molecule has 0 amide bonds. The molecule has 2 atom stereocenters. The van der Waals surface area contributed by atoms with Gasteiger partial charge in [-0.05, 0) is 43.9 Å². The molecule has 0 bridgehead atoms. The molecule has 3 rings (SSSR count). The Morgan fingerprint density at radius 2 is 2.05 bits per heavy atom. The molecule has 0 aromatic heterocycles. The van der Waals surface area contributed by atoms with Crippen LogP contribution in [0.1, 0.15) is 25.7 Å². The summed E-state index contributed by atoms with van der Waals surface area (Å²) in [7, 11) is 1.99. The predicted molar refractivity (Wildman–Crippen MR) is 78.6 cm³/mol. The lowest BCUT2D eigenvalue weighted by atomic mass is 10.2. The summed E-state index contributed by atoms with van der Waals surface area (Å²) in [5, 5.41) is 3.52. The van der Waals surface area contributed by atoms with E-state index in [1.807, 2.05) is 13.1 Å². The minimum absolute atomic E-state index is 0.187. The largest absolute Gasteiger partial charge is 0.372 e. The first kappa shape index (κ1) is 13.8. The monoisotopic (exact) mass is 278 g/mol. The minimum Gasteiger partial charge on any atom is -0.372 e. The highest BCUT2D eigenvalue weighted by atomic mass is 19.1. The fourth-order valence-electron chi connectivity index (χ4n) is 2.77. The summed E-state index contributed by atoms with van der Waals surface area (Å²) in [6.07, 6.45) is 5.46. The van der Waals surface area contributed by atoms with E-state index in [-0.39, 0.29) is 11.9 Å². The van der Waals surface area contributed by atoms with Crippen LogP contribution in [0.2, 0.25) is 0 Å². The Kier molecular flexibility index (Phi) is 4.22. The Balaban J connectivity index is 1.45. The van der Waals surface area contributed by atoms with Crippen molar-refractivity contribution >= 4 is 5.69 Å². The highest BCUT2D eigenvalue weighted by Gasteiger charge is 2.28. The Hall–Kier alpha value is -1.13. The van der Waals surface area contributed by atoms with Gasteiger partial charge in [0.05, 0.1) is 12.2 Å². The molecule has 1 aliphatic carbocycles. The number of hydrogen-bond donors (Lipinski definition) is 1. The van der Waals surface area contributed by atoms with Gasteiger partial charge < -0.3 is 15.0 Å². The van der Waals surface area contributed by atoms with Crippen molar-refractivity contribution in [1.82, 2.24) is 5.32 Å². The van der Waals surface area contributed by atoms with Crippen molar-refractivity contribution in [2.24, 2.45) is 0 Å². The standard InChI is InChI=1S/C16H23FN2O/c1-19(14-4-2-3-12(17)9-14)11-16-8-7-15(20-16)10-18-13-5-6-13/h2-4,9,13,15-16,18H,5-8,10-11H2,1H3. The van der Waals surface area contributed by atoms with E-state index in [1.165, 1.54) is 18.9 Å². The van der Waals surface area contributed by atoms with E-state index < -0.39 is 0 Å². The summed E-state index contributed by atoms with van der Waals surface area (Å²) in [5.41, 5.74) is 0.910. The Morgan fingerprint density at radius 1 is 1.25 bits per heavy atom. The predicted octanol–water partition coefficient (Wildman–Crippen LogP) is 2.56. The van der Waals surface area contributed by atoms with Crippen molar-refractivity contribution < 1.29 is 9.13 Å². The summed E-state index contributed by atoms with van der Waals surface area (Å²) < 4.78 is 19.3. The maximum atomic E-state index is 13.2. The first-order valence-electron chi connectivity index (χ1n) is 7.56. The normalized spacial score (nSPS) is 25.9. The third-order valence-corrected chi connectivity index (χ3v) is 4.13. The topological polar surface area (TPSA) is 24.5 Å². The Morgan fingerprint density at radius 3 is 2.80 bits per heavy atom. The zero-order valence-electron chi connectivity index (χ0n) is 12.0. The van der Waals surface area contributed by atoms with Crippen molar-refractivity contribution in [3.63, 3.8) is 0 Å². The highest BCUT2D eigenvalue weighted by molar-refractivity contribution is 5.45. The number of nitrogens with zero attached hydrogens (tertiary/aromatic N) is 1. The minimum atomic E-state index is -0.187. The molecule has 4 heteroatoms. The van der Waals surface area contributed by atoms with Gasteiger partial charge in [-0.3, -0.25) is 0 Å². The van der Waals surface area contributed by atoms with Gasteiger partial charge in [0, 0.05) is 31.9 Å². The molecule has 110 valence electrons. The average molecular weight is 278 g/mol. The number of anilines is 1. The van der Waals surface area contributed by atoms with Gasteiger partial charge in [0.25, 0.3) is 0 Å². The van der Waals surface area contributed by atoms with Crippen LogP contribution in [0, 0.1) is 5.82 Å². The third kappa shape index (κ3) is 3.70. The van der Waals surface area contributed by atoms with E-state index in [4.69, 9.17) is 4.74 Å². The molecule has 1 saturated carbocycles. The molecule has 2 fully saturated rings. The van der Waals surface area contributed by atoms with Gasteiger partial charge in [-0.1, -0.05) is 6.07 Å². The molecular weight excluding hydrogens is 255 g/mol. The van der Waals surface area contributed by atoms with Crippen LogP contribution in [-0.2, 0) is 4.74 Å². The van der Waals surface area contributed by atoms with E-state index >= 15 is 0 Å². The van der Waals surface area contributed by atoms with Gasteiger partial charge in [-0.2, -0.15) is 0 Å². The molecule has 3 nitrogen and oxygen atoms in total. The molecule has 1 aromatic carbocycles. The summed E-state index contributed by atoms with van der Waals surface area (Å²) in [6, 6.07) is 7.47. The summed E-state index contributed by atoms with van der Waals surface area (Å²) >= 11 is 0. The summed E-state index contributed by atoms with van der Waals surface area (Å²) in [5.74, 6) is -0.187. The summed E-state index contributed by atoms with van der Waals surface area (Å²) in [4.78, 5) is 2.07. The van der Waals surface area contributed by atoms with Gasteiger partial charge in [-0.25, -0.2) is 4.39 Å². The van der Waals surface area contributed by atoms with Crippen molar-refractivity contribution in [1.29, 1.82) is 0 Å². The molecule has 1 saturated heterocycles. The fraction of sp³-hybridized carbons (Fsp3) is 0.625. The molecule has 0 radical (unpaired) electrons. The lowest BCUT2D eigenvalue weighted by molar-refractivity contribution is 0.0497. The Bertz CT molecular complexity index is 450. The number of likely N-dealkylation sites (N-methyl/N-ethyl adjacent to an activating group) is 1. The van der Waals surface area contributed by atoms with Crippen LogP contribution in [0.15, 0.2) is 24.3 Å². The van der Waals surface area contributed by atoms with Crippen LogP contribution < -0.4 is 10.2 Å². The quantitative estimate of drug-likeness (QED) is 0.865. The lowest BCUT2D eigenvalue weighted by Crippen LogP contribution is -2.32. The van der Waals surface area contributed by atoms with E-state index in [1.54, 1.807) is 12.1 Å². The molecule has 2 unspecified atom stereocenters. The second-order valence-corrected chi connectivity index (χ2v) is 6.00. The number of benzene rings is 1. The SMILES string of the molecule is CN(CC1CCC(CNC2CC2)O1)c1cccc(F)c1. The van der Waals surface area contributed by atoms with Crippen LogP contribution in [-0.4, -0.2) is 38.4 Å². The number of ether oxygens (including phenoxy) is 1. The van der Waals surface area contributed by atoms with Gasteiger partial charge >= 0.3 is 0 Å². The van der Waals surface area contributed by atoms with Gasteiger partial charge in [-0.15, -0.1) is 0 Å². The van der Waals surface area contributed by atoms with Crippen LogP contribution >= 0.6 is 0 Å². The molecule has 1 N–H and O–H groups in total. The van der Waals surface area contributed by atoms with Gasteiger partial charge in [0.2, 0.25) is 0 Å². The van der Waals surface area contributed by atoms with Crippen molar-refractivity contribution in [2.45, 2.75) is 43.9 Å². The second-order valence-electron chi connectivity index (χ2n) is 6.00. The summed E-state index contributed by atoms with van der Waals surface area (Å²) in [6.45, 7) is 1.80. The lowest BCUT2D eigenvalue weighted by Gasteiger charge is -2.23. The van der Waals surface area contributed by atoms with Crippen molar-refractivity contribution in [3.05, 3.63) is 30.1 Å². The number of halogens is 1. The van der Waals surface area contributed by atoms with E-state index in [9.17, 15) is 4.39 Å². The molecule has 1 aliphatic heterocycles. The second kappa shape index (κ2) is 6.10. The zero-order chi connectivity index (χ0) is 13.9. The fourth-order valence-corrected chi connectivity index (χ4v) is 2.77. The number of hydrogen-bond acceptors (Lipinski definition) is 3. The molecule has 1 heterocycles. The van der Waals surface area contributed by atoms with Gasteiger partial charge in [0.15, 0.2) is 0 Å². The molecule has 1 aromatic rings. The van der Waals surface area contributed by atoms with E-state index in [0.29, 0.717) is 6.10 Å². The zero-order valence-corrected chi connectivity index (χ0v) is 12.0. The molecule has 20 heavy (non-hydrogen) atoms. The van der Waals surface area contributed by atoms with Crippen LogP contribution in [0.5, 0.6) is 0 Å². The number of nitrogens with one attached hydrogen (secondary N) is 1. The first-order chi connectivity index (χ1) is 9.70. The average Bonchev–Trinajstić information content (AvgIpc) is 3.16. The Labute approximate surface area is 120 Å². The van der Waals surface area contributed by atoms with Crippen LogP contribution in [0.25, 0.3) is 0 Å². The molecule has 2 aliphatic rings. The third-order valence-electron chi connectivity index (χ3n) is 4.13. The van der Waals surface area contributed by atoms with E-state index in [2.05, 4.69) is 10.2 Å². The van der Waals surface area contributed by atoms with Crippen molar-refractivity contribution in [2.75, 3.05) is 25.0 Å². The smallest absolute Gasteiger partial charge is 0.125 e. The van der Waals surface area contributed by atoms with E-state index in [0.717, 1.165) is 37.7 Å². The van der Waals surface area contributed by atoms with Crippen LogP contribution in [0.3, 0.4) is 0 Å².